The molecule has 0 saturated heterocycles. The van der Waals surface area contributed by atoms with E-state index in [0.717, 1.165) is 25.7 Å². The number of carbonyl (C=O) groups is 2. The SMILES string of the molecule is COc1ccc(OC)c([C@@H]2NC(=O)NC(C)=C2C(=O)O[C@H]2CCC[C@@H](C)C2)c1. The van der Waals surface area contributed by atoms with E-state index in [1.54, 1.807) is 39.3 Å². The lowest BCUT2D eigenvalue weighted by atomic mass is 9.88. The van der Waals surface area contributed by atoms with Crippen LogP contribution in [0, 0.1) is 5.92 Å². The van der Waals surface area contributed by atoms with Gasteiger partial charge in [-0.25, -0.2) is 9.59 Å². The summed E-state index contributed by atoms with van der Waals surface area (Å²) in [4.78, 5) is 25.2. The fraction of sp³-hybridized carbons (Fsp3) is 0.524. The molecular weight excluding hydrogens is 360 g/mol. The molecule has 152 valence electrons. The third kappa shape index (κ3) is 4.24. The Morgan fingerprint density at radius 1 is 1.18 bits per heavy atom. The van der Waals surface area contributed by atoms with Crippen LogP contribution in [0.25, 0.3) is 0 Å². The summed E-state index contributed by atoms with van der Waals surface area (Å²) in [7, 11) is 3.11. The molecule has 2 aliphatic rings. The first kappa shape index (κ1) is 20.0. The molecular formula is C21H28N2O5. The van der Waals surface area contributed by atoms with Crippen LogP contribution in [0.4, 0.5) is 4.79 Å². The van der Waals surface area contributed by atoms with Gasteiger partial charge in [0, 0.05) is 11.3 Å². The third-order valence-corrected chi connectivity index (χ3v) is 5.40. The Bertz CT molecular complexity index is 789. The summed E-state index contributed by atoms with van der Waals surface area (Å²) in [6.45, 7) is 3.88. The molecule has 1 aromatic rings. The second-order valence-corrected chi connectivity index (χ2v) is 7.48. The van der Waals surface area contributed by atoms with Gasteiger partial charge in [-0.1, -0.05) is 13.3 Å². The van der Waals surface area contributed by atoms with E-state index >= 15 is 0 Å². The van der Waals surface area contributed by atoms with Gasteiger partial charge in [0.05, 0.1) is 25.8 Å². The highest BCUT2D eigenvalue weighted by molar-refractivity contribution is 5.95. The van der Waals surface area contributed by atoms with Gasteiger partial charge in [-0.3, -0.25) is 0 Å². The number of methoxy groups -OCH3 is 2. The van der Waals surface area contributed by atoms with Gasteiger partial charge in [-0.05, 0) is 50.3 Å². The molecule has 0 spiro atoms. The molecule has 2 amide bonds. The predicted molar refractivity (Wildman–Crippen MR) is 104 cm³/mol. The van der Waals surface area contributed by atoms with E-state index in [1.165, 1.54) is 0 Å². The highest BCUT2D eigenvalue weighted by atomic mass is 16.5. The van der Waals surface area contributed by atoms with Gasteiger partial charge in [0.15, 0.2) is 0 Å². The molecule has 1 fully saturated rings. The van der Waals surface area contributed by atoms with Crippen LogP contribution in [0.3, 0.4) is 0 Å². The molecule has 3 rings (SSSR count). The number of allylic oxidation sites excluding steroid dienone is 1. The molecule has 2 N–H and O–H groups in total. The standard InChI is InChI=1S/C21H28N2O5/c1-12-6-5-7-15(10-12)28-20(24)18-13(2)22-21(25)23-19(18)16-11-14(26-3)8-9-17(16)27-4/h8-9,11-12,15,19H,5-7,10H2,1-4H3,(H2,22,23,25)/t12-,15+,19+/m1/s1. The first-order valence-corrected chi connectivity index (χ1v) is 9.64. The van der Waals surface area contributed by atoms with Gasteiger partial charge in [-0.15, -0.1) is 0 Å². The van der Waals surface area contributed by atoms with Crippen LogP contribution in [-0.4, -0.2) is 32.3 Å². The quantitative estimate of drug-likeness (QED) is 0.755. The zero-order valence-electron chi connectivity index (χ0n) is 16.8. The van der Waals surface area contributed by atoms with Crippen LogP contribution in [-0.2, 0) is 9.53 Å². The number of carbonyl (C=O) groups excluding carboxylic acids is 2. The van der Waals surface area contributed by atoms with E-state index in [2.05, 4.69) is 17.6 Å². The van der Waals surface area contributed by atoms with Gasteiger partial charge in [0.1, 0.15) is 17.6 Å². The van der Waals surface area contributed by atoms with Gasteiger partial charge in [0.25, 0.3) is 0 Å². The van der Waals surface area contributed by atoms with E-state index in [4.69, 9.17) is 14.2 Å². The molecule has 0 bridgehead atoms. The zero-order valence-corrected chi connectivity index (χ0v) is 16.8. The number of esters is 1. The van der Waals surface area contributed by atoms with Crippen molar-refractivity contribution in [2.45, 2.75) is 51.7 Å². The summed E-state index contributed by atoms with van der Waals surface area (Å²) in [5.41, 5.74) is 1.50. The molecule has 1 saturated carbocycles. The minimum atomic E-state index is -0.688. The maximum Gasteiger partial charge on any atom is 0.338 e. The molecule has 1 aliphatic heterocycles. The molecule has 7 nitrogen and oxygen atoms in total. The summed E-state index contributed by atoms with van der Waals surface area (Å²) in [5.74, 6) is 1.28. The van der Waals surface area contributed by atoms with Gasteiger partial charge in [-0.2, -0.15) is 0 Å². The van der Waals surface area contributed by atoms with E-state index in [9.17, 15) is 9.59 Å². The Labute approximate surface area is 165 Å². The predicted octanol–water partition coefficient (Wildman–Crippen LogP) is 3.45. The van der Waals surface area contributed by atoms with E-state index in [-0.39, 0.29) is 12.1 Å². The first-order valence-electron chi connectivity index (χ1n) is 9.64. The lowest BCUT2D eigenvalue weighted by Gasteiger charge is -2.31. The van der Waals surface area contributed by atoms with Gasteiger partial charge < -0.3 is 24.8 Å². The molecule has 3 atom stereocenters. The minimum Gasteiger partial charge on any atom is -0.497 e. The Hall–Kier alpha value is -2.70. The molecule has 0 unspecified atom stereocenters. The molecule has 1 aromatic carbocycles. The van der Waals surface area contributed by atoms with Crippen LogP contribution in [0.15, 0.2) is 29.5 Å². The van der Waals surface area contributed by atoms with Crippen molar-refractivity contribution in [2.75, 3.05) is 14.2 Å². The zero-order chi connectivity index (χ0) is 20.3. The average molecular weight is 388 g/mol. The van der Waals surface area contributed by atoms with Crippen LogP contribution < -0.4 is 20.1 Å². The van der Waals surface area contributed by atoms with E-state index in [1.807, 2.05) is 0 Å². The normalized spacial score (nSPS) is 24.9. The third-order valence-electron chi connectivity index (χ3n) is 5.40. The van der Waals surface area contributed by atoms with Crippen LogP contribution >= 0.6 is 0 Å². The number of nitrogens with one attached hydrogen (secondary N) is 2. The molecule has 1 heterocycles. The van der Waals surface area contributed by atoms with Crippen molar-refractivity contribution >= 4 is 12.0 Å². The van der Waals surface area contributed by atoms with Gasteiger partial charge in [0.2, 0.25) is 0 Å². The maximum absolute atomic E-state index is 13.1. The van der Waals surface area contributed by atoms with Crippen LogP contribution in [0.1, 0.15) is 51.1 Å². The number of ether oxygens (including phenoxy) is 3. The smallest absolute Gasteiger partial charge is 0.338 e. The second kappa shape index (κ2) is 8.54. The van der Waals surface area contributed by atoms with Crippen molar-refractivity contribution in [3.8, 4) is 11.5 Å². The monoisotopic (exact) mass is 388 g/mol. The summed E-state index contributed by atoms with van der Waals surface area (Å²) in [6.07, 6.45) is 3.86. The van der Waals surface area contributed by atoms with Gasteiger partial charge >= 0.3 is 12.0 Å². The molecule has 1 aliphatic carbocycles. The molecule has 0 radical (unpaired) electrons. The first-order chi connectivity index (χ1) is 13.4. The number of amides is 2. The topological polar surface area (TPSA) is 85.9 Å². The Morgan fingerprint density at radius 3 is 2.64 bits per heavy atom. The second-order valence-electron chi connectivity index (χ2n) is 7.48. The lowest BCUT2D eigenvalue weighted by molar-refractivity contribution is -0.146. The summed E-state index contributed by atoms with van der Waals surface area (Å²) in [6, 6.07) is 4.22. The fourth-order valence-corrected chi connectivity index (χ4v) is 3.96. The number of benzene rings is 1. The van der Waals surface area contributed by atoms with Crippen molar-refractivity contribution in [3.05, 3.63) is 35.0 Å². The molecule has 7 heteroatoms. The van der Waals surface area contributed by atoms with Crippen molar-refractivity contribution < 1.29 is 23.8 Å². The minimum absolute atomic E-state index is 0.0953. The van der Waals surface area contributed by atoms with Crippen molar-refractivity contribution in [1.29, 1.82) is 0 Å². The summed E-state index contributed by atoms with van der Waals surface area (Å²) >= 11 is 0. The van der Waals surface area contributed by atoms with Crippen molar-refractivity contribution in [3.63, 3.8) is 0 Å². The number of hydrogen-bond acceptors (Lipinski definition) is 5. The van der Waals surface area contributed by atoms with E-state index in [0.29, 0.717) is 34.3 Å². The van der Waals surface area contributed by atoms with Crippen LogP contribution in [0.5, 0.6) is 11.5 Å². The maximum atomic E-state index is 13.1. The Morgan fingerprint density at radius 2 is 1.96 bits per heavy atom. The highest BCUT2D eigenvalue weighted by Gasteiger charge is 2.35. The number of hydrogen-bond donors (Lipinski definition) is 2. The van der Waals surface area contributed by atoms with Crippen molar-refractivity contribution in [1.82, 2.24) is 10.6 Å². The Balaban J connectivity index is 1.94. The van der Waals surface area contributed by atoms with Crippen molar-refractivity contribution in [2.24, 2.45) is 5.92 Å². The fourth-order valence-electron chi connectivity index (χ4n) is 3.96. The number of rotatable bonds is 5. The molecule has 28 heavy (non-hydrogen) atoms. The highest BCUT2D eigenvalue weighted by Crippen LogP contribution is 2.36. The number of urea groups is 1. The Kier molecular flexibility index (Phi) is 6.11. The lowest BCUT2D eigenvalue weighted by Crippen LogP contribution is -2.45. The molecule has 0 aromatic heterocycles. The average Bonchev–Trinajstić information content (AvgIpc) is 2.66. The van der Waals surface area contributed by atoms with Crippen LogP contribution in [0.2, 0.25) is 0 Å². The largest absolute Gasteiger partial charge is 0.497 e. The van der Waals surface area contributed by atoms with E-state index < -0.39 is 12.0 Å². The summed E-state index contributed by atoms with van der Waals surface area (Å²) in [5, 5.41) is 5.50. The summed E-state index contributed by atoms with van der Waals surface area (Å²) < 4.78 is 16.6.